The Hall–Kier alpha value is -1.19. The molecule has 0 spiro atoms. The molecule has 9 heavy (non-hydrogen) atoms. The maximum absolute atomic E-state index is 10.4. The van der Waals surface area contributed by atoms with Gasteiger partial charge in [-0.2, -0.15) is 4.98 Å². The standard InChI is InChI=1S/C5H6N2O2/c1-4(8)2-5-6-3-7-9-5/h3H,2H2,1H3. The van der Waals surface area contributed by atoms with Crippen molar-refractivity contribution in [3.05, 3.63) is 12.2 Å². The summed E-state index contributed by atoms with van der Waals surface area (Å²) in [7, 11) is 0. The Morgan fingerprint density at radius 1 is 1.89 bits per heavy atom. The molecule has 1 aromatic heterocycles. The lowest BCUT2D eigenvalue weighted by Crippen LogP contribution is -1.95. The number of rotatable bonds is 2. The van der Waals surface area contributed by atoms with E-state index in [1.54, 1.807) is 0 Å². The molecule has 48 valence electrons. The molecular weight excluding hydrogens is 120 g/mol. The fraction of sp³-hybridized carbons (Fsp3) is 0.400. The Bertz CT molecular complexity index is 193. The van der Waals surface area contributed by atoms with Gasteiger partial charge >= 0.3 is 0 Å². The van der Waals surface area contributed by atoms with Crippen LogP contribution >= 0.6 is 0 Å². The van der Waals surface area contributed by atoms with Crippen molar-refractivity contribution in [1.29, 1.82) is 0 Å². The third kappa shape index (κ3) is 1.64. The molecule has 4 heteroatoms. The fourth-order valence-corrected chi connectivity index (χ4v) is 0.487. The van der Waals surface area contributed by atoms with E-state index < -0.39 is 0 Å². The van der Waals surface area contributed by atoms with Crippen molar-refractivity contribution in [3.8, 4) is 0 Å². The van der Waals surface area contributed by atoms with Crippen LogP contribution in [-0.2, 0) is 11.2 Å². The summed E-state index contributed by atoms with van der Waals surface area (Å²) >= 11 is 0. The molecule has 0 saturated heterocycles. The van der Waals surface area contributed by atoms with Crippen molar-refractivity contribution in [2.75, 3.05) is 0 Å². The molecule has 1 aromatic rings. The third-order valence-electron chi connectivity index (χ3n) is 0.807. The number of carbonyl (C=O) groups excluding carboxylic acids is 1. The molecule has 1 heterocycles. The average molecular weight is 126 g/mol. The van der Waals surface area contributed by atoms with E-state index in [9.17, 15) is 4.79 Å². The first-order valence-corrected chi connectivity index (χ1v) is 2.54. The van der Waals surface area contributed by atoms with E-state index in [4.69, 9.17) is 0 Å². The number of nitrogens with zero attached hydrogens (tertiary/aromatic N) is 2. The van der Waals surface area contributed by atoms with Crippen LogP contribution in [0.2, 0.25) is 0 Å². The lowest BCUT2D eigenvalue weighted by molar-refractivity contribution is -0.116. The molecule has 0 aliphatic heterocycles. The van der Waals surface area contributed by atoms with E-state index in [1.165, 1.54) is 13.3 Å². The van der Waals surface area contributed by atoms with Crippen molar-refractivity contribution in [2.45, 2.75) is 13.3 Å². The number of ketones is 1. The van der Waals surface area contributed by atoms with Crippen LogP contribution in [0.4, 0.5) is 0 Å². The van der Waals surface area contributed by atoms with Gasteiger partial charge in [0.05, 0.1) is 6.42 Å². The van der Waals surface area contributed by atoms with Gasteiger partial charge in [-0.3, -0.25) is 4.79 Å². The second-order valence-corrected chi connectivity index (χ2v) is 1.71. The monoisotopic (exact) mass is 126 g/mol. The van der Waals surface area contributed by atoms with Crippen molar-refractivity contribution in [1.82, 2.24) is 10.1 Å². The molecule has 0 unspecified atom stereocenters. The Morgan fingerprint density at radius 3 is 3.11 bits per heavy atom. The number of hydrogen-bond donors (Lipinski definition) is 0. The first kappa shape index (κ1) is 5.94. The van der Waals surface area contributed by atoms with E-state index in [2.05, 4.69) is 14.7 Å². The SMILES string of the molecule is CC(=O)Cc1ncno1. The Morgan fingerprint density at radius 2 is 2.67 bits per heavy atom. The number of hydrogen-bond acceptors (Lipinski definition) is 4. The van der Waals surface area contributed by atoms with Crippen molar-refractivity contribution < 1.29 is 9.32 Å². The van der Waals surface area contributed by atoms with Gasteiger partial charge in [-0.1, -0.05) is 5.16 Å². The van der Waals surface area contributed by atoms with Gasteiger partial charge in [0.15, 0.2) is 6.33 Å². The summed E-state index contributed by atoms with van der Waals surface area (Å²) < 4.78 is 4.56. The Balaban J connectivity index is 2.58. The zero-order valence-corrected chi connectivity index (χ0v) is 5.00. The summed E-state index contributed by atoms with van der Waals surface area (Å²) in [6.07, 6.45) is 1.51. The largest absolute Gasteiger partial charge is 0.339 e. The van der Waals surface area contributed by atoms with Gasteiger partial charge in [0.2, 0.25) is 5.89 Å². The van der Waals surface area contributed by atoms with Gasteiger partial charge in [0, 0.05) is 0 Å². The molecule has 0 aliphatic rings. The summed E-state index contributed by atoms with van der Waals surface area (Å²) in [5.41, 5.74) is 0. The summed E-state index contributed by atoms with van der Waals surface area (Å²) in [4.78, 5) is 14.0. The molecule has 0 fully saturated rings. The van der Waals surface area contributed by atoms with Gasteiger partial charge in [-0.05, 0) is 6.92 Å². The molecule has 0 amide bonds. The molecule has 0 radical (unpaired) electrons. The van der Waals surface area contributed by atoms with Crippen LogP contribution in [0.5, 0.6) is 0 Å². The lowest BCUT2D eigenvalue weighted by Gasteiger charge is -1.82. The lowest BCUT2D eigenvalue weighted by atomic mass is 10.3. The molecule has 0 aromatic carbocycles. The second-order valence-electron chi connectivity index (χ2n) is 1.71. The Labute approximate surface area is 51.9 Å². The normalized spacial score (nSPS) is 9.44. The fourth-order valence-electron chi connectivity index (χ4n) is 0.487. The highest BCUT2D eigenvalue weighted by atomic mass is 16.5. The maximum atomic E-state index is 10.4. The number of aromatic nitrogens is 2. The molecule has 0 aliphatic carbocycles. The molecule has 4 nitrogen and oxygen atoms in total. The zero-order valence-electron chi connectivity index (χ0n) is 5.00. The van der Waals surface area contributed by atoms with E-state index >= 15 is 0 Å². The molecule has 1 rings (SSSR count). The first-order chi connectivity index (χ1) is 4.29. The summed E-state index contributed by atoms with van der Waals surface area (Å²) in [5, 5.41) is 3.34. The van der Waals surface area contributed by atoms with Crippen LogP contribution in [0.25, 0.3) is 0 Å². The molecule has 0 bridgehead atoms. The summed E-state index contributed by atoms with van der Waals surface area (Å²) in [6.45, 7) is 1.48. The minimum absolute atomic E-state index is 0.0271. The van der Waals surface area contributed by atoms with Gasteiger partial charge in [-0.25, -0.2) is 0 Å². The van der Waals surface area contributed by atoms with Crippen LogP contribution in [0.1, 0.15) is 12.8 Å². The Kier molecular flexibility index (Phi) is 1.58. The average Bonchev–Trinajstić information content (AvgIpc) is 2.15. The van der Waals surface area contributed by atoms with E-state index in [1.807, 2.05) is 0 Å². The maximum Gasteiger partial charge on any atom is 0.233 e. The van der Waals surface area contributed by atoms with Crippen LogP contribution in [0.3, 0.4) is 0 Å². The number of Topliss-reactive ketones (excluding diaryl/α,β-unsaturated/α-hetero) is 1. The van der Waals surface area contributed by atoms with Gasteiger partial charge < -0.3 is 4.52 Å². The van der Waals surface area contributed by atoms with E-state index in [0.717, 1.165) is 0 Å². The highest BCUT2D eigenvalue weighted by molar-refractivity contribution is 5.77. The van der Waals surface area contributed by atoms with Crippen LogP contribution in [-0.4, -0.2) is 15.9 Å². The minimum atomic E-state index is 0.0271. The first-order valence-electron chi connectivity index (χ1n) is 2.54. The highest BCUT2D eigenvalue weighted by Gasteiger charge is 2.00. The van der Waals surface area contributed by atoms with Crippen molar-refractivity contribution >= 4 is 5.78 Å². The highest BCUT2D eigenvalue weighted by Crippen LogP contribution is 1.91. The molecule has 0 atom stereocenters. The zero-order chi connectivity index (χ0) is 6.69. The predicted molar refractivity (Wildman–Crippen MR) is 28.7 cm³/mol. The summed E-state index contributed by atoms with van der Waals surface area (Å²) in [5.74, 6) is 0.404. The molecule has 0 saturated carbocycles. The van der Waals surface area contributed by atoms with Gasteiger partial charge in [0.25, 0.3) is 0 Å². The number of carbonyl (C=O) groups is 1. The van der Waals surface area contributed by atoms with Crippen LogP contribution in [0, 0.1) is 0 Å². The van der Waals surface area contributed by atoms with Crippen LogP contribution in [0.15, 0.2) is 10.9 Å². The predicted octanol–water partition coefficient (Wildman–Crippen LogP) is 0.201. The molecular formula is C5H6N2O2. The topological polar surface area (TPSA) is 56.0 Å². The third-order valence-corrected chi connectivity index (χ3v) is 0.807. The van der Waals surface area contributed by atoms with Gasteiger partial charge in [0.1, 0.15) is 5.78 Å². The minimum Gasteiger partial charge on any atom is -0.339 e. The summed E-state index contributed by atoms with van der Waals surface area (Å²) in [6, 6.07) is 0. The van der Waals surface area contributed by atoms with Crippen molar-refractivity contribution in [3.63, 3.8) is 0 Å². The quantitative estimate of drug-likeness (QED) is 0.568. The van der Waals surface area contributed by atoms with E-state index in [0.29, 0.717) is 5.89 Å². The van der Waals surface area contributed by atoms with Crippen molar-refractivity contribution in [2.24, 2.45) is 0 Å². The van der Waals surface area contributed by atoms with Gasteiger partial charge in [-0.15, -0.1) is 0 Å². The van der Waals surface area contributed by atoms with E-state index in [-0.39, 0.29) is 12.2 Å². The second kappa shape index (κ2) is 2.39. The molecule has 0 N–H and O–H groups in total. The smallest absolute Gasteiger partial charge is 0.233 e. The van der Waals surface area contributed by atoms with Crippen LogP contribution < -0.4 is 0 Å².